The first-order chi connectivity index (χ1) is 8.70. The van der Waals surface area contributed by atoms with E-state index in [1.54, 1.807) is 17.0 Å². The molecule has 18 heavy (non-hydrogen) atoms. The van der Waals surface area contributed by atoms with Gasteiger partial charge in [-0.15, -0.1) is 0 Å². The number of carbonyl (C=O) groups excluding carboxylic acids is 1. The second-order valence-electron chi connectivity index (χ2n) is 4.28. The highest BCUT2D eigenvalue weighted by molar-refractivity contribution is 5.94. The van der Waals surface area contributed by atoms with Crippen LogP contribution in [-0.2, 0) is 0 Å². The topological polar surface area (TPSA) is 66.6 Å². The van der Waals surface area contributed by atoms with E-state index in [-0.39, 0.29) is 12.0 Å². The summed E-state index contributed by atoms with van der Waals surface area (Å²) < 4.78 is 0. The van der Waals surface area contributed by atoms with Gasteiger partial charge in [0.05, 0.1) is 12.6 Å². The first-order valence-electron chi connectivity index (χ1n) is 5.97. The third-order valence-electron chi connectivity index (χ3n) is 2.92. The molecule has 0 spiro atoms. The molecular weight excluding hydrogens is 228 g/mol. The van der Waals surface area contributed by atoms with Gasteiger partial charge in [-0.25, -0.2) is 0 Å². The molecule has 1 saturated heterocycles. The number of nitrogens with two attached hydrogens (primary N) is 1. The van der Waals surface area contributed by atoms with Crippen LogP contribution in [0.5, 0.6) is 0 Å². The molecule has 1 heterocycles. The number of hydrogen-bond acceptors (Lipinski definition) is 3. The largest absolute Gasteiger partial charge is 0.391 e. The molecule has 2 rings (SSSR count). The molecule has 1 fully saturated rings. The summed E-state index contributed by atoms with van der Waals surface area (Å²) in [6.45, 7) is 1.37. The fourth-order valence-corrected chi connectivity index (χ4v) is 1.96. The van der Waals surface area contributed by atoms with Crippen LogP contribution in [0.15, 0.2) is 24.3 Å². The molecule has 0 saturated carbocycles. The molecule has 1 aliphatic rings. The number of β-amino-alcohol motifs (C(OH)–C–C–N with tert-alkyl or cyclic N) is 1. The monoisotopic (exact) mass is 244 g/mol. The van der Waals surface area contributed by atoms with Crippen molar-refractivity contribution in [3.63, 3.8) is 0 Å². The summed E-state index contributed by atoms with van der Waals surface area (Å²) in [5, 5.41) is 9.41. The van der Waals surface area contributed by atoms with Crippen molar-refractivity contribution in [1.82, 2.24) is 4.90 Å². The number of benzene rings is 1. The number of amides is 1. The third-order valence-corrected chi connectivity index (χ3v) is 2.92. The van der Waals surface area contributed by atoms with Gasteiger partial charge in [-0.2, -0.15) is 0 Å². The Hall–Kier alpha value is -1.83. The summed E-state index contributed by atoms with van der Waals surface area (Å²) in [5.74, 6) is 5.63. The molecule has 1 aromatic rings. The molecule has 1 atom stereocenters. The Bertz CT molecular complexity index is 485. The smallest absolute Gasteiger partial charge is 0.253 e. The van der Waals surface area contributed by atoms with Gasteiger partial charge >= 0.3 is 0 Å². The van der Waals surface area contributed by atoms with E-state index in [4.69, 9.17) is 5.73 Å². The van der Waals surface area contributed by atoms with E-state index in [0.717, 1.165) is 5.56 Å². The minimum atomic E-state index is -0.386. The lowest BCUT2D eigenvalue weighted by Crippen LogP contribution is -2.29. The molecule has 1 aliphatic heterocycles. The molecule has 1 unspecified atom stereocenters. The van der Waals surface area contributed by atoms with Crippen molar-refractivity contribution in [3.8, 4) is 11.8 Å². The lowest BCUT2D eigenvalue weighted by Gasteiger charge is -2.15. The van der Waals surface area contributed by atoms with Gasteiger partial charge in [0.2, 0.25) is 0 Å². The number of likely N-dealkylation sites (tertiary alicyclic amines) is 1. The second-order valence-corrected chi connectivity index (χ2v) is 4.28. The highest BCUT2D eigenvalue weighted by Crippen LogP contribution is 2.14. The van der Waals surface area contributed by atoms with Gasteiger partial charge in [-0.1, -0.05) is 11.8 Å². The average molecular weight is 244 g/mol. The van der Waals surface area contributed by atoms with Crippen LogP contribution in [0.3, 0.4) is 0 Å². The SMILES string of the molecule is NCC#Cc1ccc(C(=O)N2CCC(O)C2)cc1. The molecule has 0 radical (unpaired) electrons. The molecule has 0 bridgehead atoms. The van der Waals surface area contributed by atoms with Crippen molar-refractivity contribution < 1.29 is 9.90 Å². The van der Waals surface area contributed by atoms with Crippen LogP contribution in [0.1, 0.15) is 22.3 Å². The number of aliphatic hydroxyl groups is 1. The molecule has 94 valence electrons. The normalized spacial score (nSPS) is 18.3. The zero-order chi connectivity index (χ0) is 13.0. The van der Waals surface area contributed by atoms with Crippen LogP contribution in [-0.4, -0.2) is 41.7 Å². The summed E-state index contributed by atoms with van der Waals surface area (Å²) in [7, 11) is 0. The van der Waals surface area contributed by atoms with E-state index in [2.05, 4.69) is 11.8 Å². The summed E-state index contributed by atoms with van der Waals surface area (Å²) in [5.41, 5.74) is 6.77. The number of carbonyl (C=O) groups is 1. The van der Waals surface area contributed by atoms with Crippen molar-refractivity contribution in [1.29, 1.82) is 0 Å². The number of aliphatic hydroxyl groups excluding tert-OH is 1. The van der Waals surface area contributed by atoms with Crippen molar-refractivity contribution in [2.24, 2.45) is 5.73 Å². The van der Waals surface area contributed by atoms with E-state index in [0.29, 0.717) is 31.6 Å². The summed E-state index contributed by atoms with van der Waals surface area (Å²) >= 11 is 0. The predicted octanol–water partition coefficient (Wildman–Crippen LogP) is 0.204. The predicted molar refractivity (Wildman–Crippen MR) is 68.9 cm³/mol. The van der Waals surface area contributed by atoms with Crippen LogP contribution in [0.25, 0.3) is 0 Å². The fraction of sp³-hybridized carbons (Fsp3) is 0.357. The first-order valence-corrected chi connectivity index (χ1v) is 5.97. The van der Waals surface area contributed by atoms with E-state index in [1.807, 2.05) is 12.1 Å². The zero-order valence-corrected chi connectivity index (χ0v) is 10.1. The zero-order valence-electron chi connectivity index (χ0n) is 10.1. The van der Waals surface area contributed by atoms with Crippen LogP contribution >= 0.6 is 0 Å². The first kappa shape index (κ1) is 12.6. The summed E-state index contributed by atoms with van der Waals surface area (Å²) in [6, 6.07) is 7.13. The Labute approximate surface area is 106 Å². The molecule has 0 aromatic heterocycles. The Morgan fingerprint density at radius 3 is 2.72 bits per heavy atom. The number of hydrogen-bond donors (Lipinski definition) is 2. The van der Waals surface area contributed by atoms with E-state index in [9.17, 15) is 9.90 Å². The minimum Gasteiger partial charge on any atom is -0.391 e. The van der Waals surface area contributed by atoms with E-state index in [1.165, 1.54) is 0 Å². The lowest BCUT2D eigenvalue weighted by molar-refractivity contribution is 0.0765. The van der Waals surface area contributed by atoms with Crippen molar-refractivity contribution >= 4 is 5.91 Å². The standard InChI is InChI=1S/C14H16N2O2/c15-8-1-2-11-3-5-12(6-4-11)14(18)16-9-7-13(17)10-16/h3-6,13,17H,7-10,15H2. The number of nitrogens with zero attached hydrogens (tertiary/aromatic N) is 1. The minimum absolute atomic E-state index is 0.0371. The average Bonchev–Trinajstić information content (AvgIpc) is 2.83. The van der Waals surface area contributed by atoms with Crippen LogP contribution < -0.4 is 5.73 Å². The molecular formula is C14H16N2O2. The highest BCUT2D eigenvalue weighted by atomic mass is 16.3. The van der Waals surface area contributed by atoms with Gasteiger partial charge in [0, 0.05) is 24.2 Å². The second kappa shape index (κ2) is 5.67. The Balaban J connectivity index is 2.07. The van der Waals surface area contributed by atoms with Gasteiger partial charge in [-0.05, 0) is 30.7 Å². The number of rotatable bonds is 1. The maximum Gasteiger partial charge on any atom is 0.253 e. The Morgan fingerprint density at radius 2 is 2.17 bits per heavy atom. The maximum absolute atomic E-state index is 12.1. The molecule has 0 aliphatic carbocycles. The van der Waals surface area contributed by atoms with Gasteiger partial charge in [0.25, 0.3) is 5.91 Å². The van der Waals surface area contributed by atoms with Crippen molar-refractivity contribution in [2.45, 2.75) is 12.5 Å². The van der Waals surface area contributed by atoms with Crippen LogP contribution in [0, 0.1) is 11.8 Å². The van der Waals surface area contributed by atoms with E-state index >= 15 is 0 Å². The Kier molecular flexibility index (Phi) is 3.98. The fourth-order valence-electron chi connectivity index (χ4n) is 1.96. The van der Waals surface area contributed by atoms with Gasteiger partial charge < -0.3 is 15.7 Å². The quantitative estimate of drug-likeness (QED) is 0.694. The van der Waals surface area contributed by atoms with E-state index < -0.39 is 0 Å². The van der Waals surface area contributed by atoms with Gasteiger partial charge in [0.1, 0.15) is 0 Å². The maximum atomic E-state index is 12.1. The van der Waals surface area contributed by atoms with Gasteiger partial charge in [-0.3, -0.25) is 4.79 Å². The molecule has 1 aromatic carbocycles. The van der Waals surface area contributed by atoms with Crippen LogP contribution in [0.4, 0.5) is 0 Å². The lowest BCUT2D eigenvalue weighted by atomic mass is 10.1. The summed E-state index contributed by atoms with van der Waals surface area (Å²) in [4.78, 5) is 13.7. The van der Waals surface area contributed by atoms with Crippen LogP contribution in [0.2, 0.25) is 0 Å². The van der Waals surface area contributed by atoms with Crippen molar-refractivity contribution in [2.75, 3.05) is 19.6 Å². The Morgan fingerprint density at radius 1 is 1.44 bits per heavy atom. The molecule has 4 heteroatoms. The molecule has 4 nitrogen and oxygen atoms in total. The van der Waals surface area contributed by atoms with Gasteiger partial charge in [0.15, 0.2) is 0 Å². The summed E-state index contributed by atoms with van der Waals surface area (Å²) in [6.07, 6.45) is 0.273. The third kappa shape index (κ3) is 2.89. The molecule has 3 N–H and O–H groups in total. The highest BCUT2D eigenvalue weighted by Gasteiger charge is 2.25. The molecule has 1 amide bonds. The van der Waals surface area contributed by atoms with Crippen molar-refractivity contribution in [3.05, 3.63) is 35.4 Å².